The van der Waals surface area contributed by atoms with E-state index in [9.17, 15) is 4.79 Å². The van der Waals surface area contributed by atoms with E-state index in [1.807, 2.05) is 59.6 Å². The summed E-state index contributed by atoms with van der Waals surface area (Å²) in [5.41, 5.74) is 4.11. The topological polar surface area (TPSA) is 65.9 Å². The summed E-state index contributed by atoms with van der Waals surface area (Å²) < 4.78 is 4.07. The summed E-state index contributed by atoms with van der Waals surface area (Å²) >= 11 is 0. The minimum Gasteiger partial charge on any atom is -0.351 e. The Morgan fingerprint density at radius 3 is 2.67 bits per heavy atom. The molecule has 3 aromatic rings. The van der Waals surface area contributed by atoms with Gasteiger partial charge in [0, 0.05) is 17.3 Å². The number of para-hydroxylation sites is 2. The highest BCUT2D eigenvalue weighted by molar-refractivity contribution is 5.73. The van der Waals surface area contributed by atoms with E-state index in [4.69, 9.17) is 0 Å². The van der Waals surface area contributed by atoms with Gasteiger partial charge in [0.15, 0.2) is 0 Å². The summed E-state index contributed by atoms with van der Waals surface area (Å²) in [6.45, 7) is 0.943. The Morgan fingerprint density at radius 2 is 1.93 bits per heavy atom. The maximum absolute atomic E-state index is 10.8. The number of aryl methyl sites for hydroxylation is 2. The number of fused-ring (bicyclic) bond motifs is 1. The third-order valence-electron chi connectivity index (χ3n) is 5.15. The van der Waals surface area contributed by atoms with Gasteiger partial charge in [0.05, 0.1) is 14.1 Å². The molecule has 0 spiro atoms. The van der Waals surface area contributed by atoms with E-state index in [2.05, 4.69) is 32.6 Å². The fourth-order valence-corrected chi connectivity index (χ4v) is 3.75. The number of hydrogen-bond acceptors (Lipinski definition) is 4. The van der Waals surface area contributed by atoms with Gasteiger partial charge in [-0.1, -0.05) is 17.2 Å². The number of carbonyl (C=O) groups is 1. The number of aromatic nitrogens is 2. The first kappa shape index (κ1) is 17.2. The zero-order chi connectivity index (χ0) is 18.8. The van der Waals surface area contributed by atoms with Gasteiger partial charge in [0.25, 0.3) is 0 Å². The third kappa shape index (κ3) is 3.16. The van der Waals surface area contributed by atoms with Gasteiger partial charge < -0.3 is 10.2 Å². The van der Waals surface area contributed by atoms with Crippen molar-refractivity contribution in [2.24, 2.45) is 24.3 Å². The van der Waals surface area contributed by atoms with E-state index < -0.39 is 0 Å². The van der Waals surface area contributed by atoms with Gasteiger partial charge in [-0.05, 0) is 49.2 Å². The van der Waals surface area contributed by atoms with Crippen molar-refractivity contribution in [3.63, 3.8) is 0 Å². The van der Waals surface area contributed by atoms with E-state index in [1.54, 1.807) is 0 Å². The highest BCUT2D eigenvalue weighted by Crippen LogP contribution is 2.27. The summed E-state index contributed by atoms with van der Waals surface area (Å²) in [5.74, 6) is 0.787. The van der Waals surface area contributed by atoms with Gasteiger partial charge in [-0.2, -0.15) is 0 Å². The molecule has 7 nitrogen and oxygen atoms in total. The summed E-state index contributed by atoms with van der Waals surface area (Å²) in [4.78, 5) is 13.0. The molecule has 1 atom stereocenters. The molecule has 2 heterocycles. The average Bonchev–Trinajstić information content (AvgIpc) is 3.25. The molecule has 138 valence electrons. The van der Waals surface area contributed by atoms with Crippen molar-refractivity contribution in [3.8, 4) is 0 Å². The molecule has 1 unspecified atom stereocenters. The molecule has 1 aliphatic heterocycles. The predicted molar refractivity (Wildman–Crippen MR) is 104 cm³/mol. The number of nitrogens with one attached hydrogen (secondary N) is 1. The summed E-state index contributed by atoms with van der Waals surface area (Å²) in [7, 11) is 3.99. The molecule has 0 radical (unpaired) electrons. The molecule has 1 saturated heterocycles. The van der Waals surface area contributed by atoms with E-state index in [0.717, 1.165) is 54.2 Å². The molecule has 2 aromatic carbocycles. The summed E-state index contributed by atoms with van der Waals surface area (Å²) in [6.07, 6.45) is 2.89. The molecule has 1 N–H and O–H groups in total. The molecule has 1 aromatic heterocycles. The number of rotatable bonds is 5. The number of imidazole rings is 1. The molecule has 1 aliphatic rings. The van der Waals surface area contributed by atoms with Crippen molar-refractivity contribution < 1.29 is 9.36 Å². The molecule has 0 saturated carbocycles. The minimum atomic E-state index is 0.0739. The zero-order valence-corrected chi connectivity index (χ0v) is 15.5. The smallest absolute Gasteiger partial charge is 0.351 e. The molecule has 0 bridgehead atoms. The summed E-state index contributed by atoms with van der Waals surface area (Å²) in [6, 6.07) is 16.2. The third-order valence-corrected chi connectivity index (χ3v) is 5.15. The van der Waals surface area contributed by atoms with Crippen LogP contribution in [0, 0.1) is 0 Å². The molecule has 1 fully saturated rings. The van der Waals surface area contributed by atoms with E-state index in [0.29, 0.717) is 0 Å². The zero-order valence-electron chi connectivity index (χ0n) is 15.5. The molecule has 7 heteroatoms. The fraction of sp³-hybridized carbons (Fsp3) is 0.300. The van der Waals surface area contributed by atoms with Crippen LogP contribution in [0.1, 0.15) is 12.8 Å². The van der Waals surface area contributed by atoms with Crippen molar-refractivity contribution in [3.05, 3.63) is 48.5 Å². The Kier molecular flexibility index (Phi) is 4.58. The first-order valence-electron chi connectivity index (χ1n) is 9.10. The monoisotopic (exact) mass is 363 g/mol. The normalized spacial score (nSPS) is 17.1. The second-order valence-electron chi connectivity index (χ2n) is 6.76. The van der Waals surface area contributed by atoms with Crippen LogP contribution in [0.15, 0.2) is 58.8 Å². The van der Waals surface area contributed by atoms with Crippen molar-refractivity contribution in [1.82, 2.24) is 9.88 Å². The lowest BCUT2D eigenvalue weighted by Gasteiger charge is -2.26. The number of anilines is 1. The second kappa shape index (κ2) is 7.19. The van der Waals surface area contributed by atoms with Crippen LogP contribution in [-0.4, -0.2) is 23.7 Å². The van der Waals surface area contributed by atoms with Crippen LogP contribution < -0.4 is 14.8 Å². The SMILES string of the molecule is Cn1c(N=Nc2ccc(N3CCCC3NC=O)cc2)[n+](C)c2ccccc21. The Hall–Kier alpha value is -3.22. The lowest BCUT2D eigenvalue weighted by Crippen LogP contribution is -2.40. The van der Waals surface area contributed by atoms with Gasteiger partial charge in [-0.3, -0.25) is 4.79 Å². The maximum atomic E-state index is 10.8. The van der Waals surface area contributed by atoms with Crippen LogP contribution in [0.2, 0.25) is 0 Å². The van der Waals surface area contributed by atoms with Crippen LogP contribution in [0.25, 0.3) is 11.0 Å². The molecule has 0 aliphatic carbocycles. The van der Waals surface area contributed by atoms with Crippen LogP contribution in [-0.2, 0) is 18.9 Å². The van der Waals surface area contributed by atoms with Crippen LogP contribution >= 0.6 is 0 Å². The van der Waals surface area contributed by atoms with E-state index in [-0.39, 0.29) is 6.17 Å². The van der Waals surface area contributed by atoms with Gasteiger partial charge in [-0.25, -0.2) is 9.13 Å². The van der Waals surface area contributed by atoms with Crippen LogP contribution in [0.4, 0.5) is 17.3 Å². The second-order valence-corrected chi connectivity index (χ2v) is 6.76. The Balaban J connectivity index is 1.56. The van der Waals surface area contributed by atoms with Gasteiger partial charge >= 0.3 is 5.95 Å². The first-order chi connectivity index (χ1) is 13.2. The largest absolute Gasteiger partial charge is 0.422 e. The quantitative estimate of drug-likeness (QED) is 0.430. The first-order valence-corrected chi connectivity index (χ1v) is 9.10. The number of benzene rings is 2. The van der Waals surface area contributed by atoms with Crippen molar-refractivity contribution in [1.29, 1.82) is 0 Å². The fourth-order valence-electron chi connectivity index (χ4n) is 3.75. The molecule has 27 heavy (non-hydrogen) atoms. The molecule has 1 amide bonds. The standard InChI is InChI=1S/C20H22N6O/c1-24-17-6-3-4-7-18(17)25(2)20(24)23-22-15-9-11-16(12-10-15)26-13-5-8-19(26)21-14-27/h3-4,6-7,9-12,14,19H,5,8,13H2,1-2H3/p+1. The van der Waals surface area contributed by atoms with Gasteiger partial charge in [0.1, 0.15) is 22.9 Å². The van der Waals surface area contributed by atoms with Crippen LogP contribution in [0.3, 0.4) is 0 Å². The van der Waals surface area contributed by atoms with E-state index >= 15 is 0 Å². The van der Waals surface area contributed by atoms with Gasteiger partial charge in [-0.15, -0.1) is 0 Å². The molecular formula is C20H23N6O+. The highest BCUT2D eigenvalue weighted by Gasteiger charge is 2.24. The van der Waals surface area contributed by atoms with Crippen molar-refractivity contribution in [2.45, 2.75) is 19.0 Å². The van der Waals surface area contributed by atoms with Gasteiger partial charge in [0.2, 0.25) is 6.41 Å². The Morgan fingerprint density at radius 1 is 1.15 bits per heavy atom. The Bertz CT molecular complexity index is 953. The number of amides is 1. The lowest BCUT2D eigenvalue weighted by molar-refractivity contribution is -0.632. The number of hydrogen-bond donors (Lipinski definition) is 1. The van der Waals surface area contributed by atoms with Crippen molar-refractivity contribution in [2.75, 3.05) is 11.4 Å². The van der Waals surface area contributed by atoms with Crippen LogP contribution in [0.5, 0.6) is 0 Å². The highest BCUT2D eigenvalue weighted by atomic mass is 16.1. The van der Waals surface area contributed by atoms with E-state index in [1.165, 1.54) is 0 Å². The average molecular weight is 363 g/mol. The maximum Gasteiger partial charge on any atom is 0.422 e. The molecule has 4 rings (SSSR count). The minimum absolute atomic E-state index is 0.0739. The number of nitrogens with zero attached hydrogens (tertiary/aromatic N) is 5. The number of azo groups is 1. The number of carbonyl (C=O) groups excluding carboxylic acids is 1. The Labute approximate surface area is 157 Å². The lowest BCUT2D eigenvalue weighted by atomic mass is 10.2. The van der Waals surface area contributed by atoms with Crippen molar-refractivity contribution >= 4 is 34.8 Å². The molecular weight excluding hydrogens is 340 g/mol. The summed E-state index contributed by atoms with van der Waals surface area (Å²) in [5, 5.41) is 11.7. The predicted octanol–water partition coefficient (Wildman–Crippen LogP) is 3.09.